The number of nitrogens with zero attached hydrogens (tertiary/aromatic N) is 2. The van der Waals surface area contributed by atoms with Crippen LogP contribution in [0.3, 0.4) is 0 Å². The van der Waals surface area contributed by atoms with Crippen LogP contribution in [0.2, 0.25) is 0 Å². The van der Waals surface area contributed by atoms with E-state index in [0.29, 0.717) is 32.5 Å². The fraction of sp³-hybridized carbons (Fsp3) is 0.611. The van der Waals surface area contributed by atoms with Crippen LogP contribution in [0, 0.1) is 6.92 Å². The molecule has 0 aromatic heterocycles. The summed E-state index contributed by atoms with van der Waals surface area (Å²) in [4.78, 5) is 13.2. The molecule has 140 valence electrons. The standard InChI is InChI=1S/C18H28N2O4S/c1-15-6-3-4-7-16(15)8-5-11-19(14-18(21)22)17-9-12-20(13-10-17)25(2,23)24/h3-4,6-7,17H,5,8-14H2,1-2H3,(H,21,22). The van der Waals surface area contributed by atoms with Gasteiger partial charge in [0.2, 0.25) is 10.0 Å². The van der Waals surface area contributed by atoms with Crippen LogP contribution in [-0.4, -0.2) is 67.2 Å². The molecule has 0 radical (unpaired) electrons. The number of sulfonamides is 1. The number of carbonyl (C=O) groups is 1. The fourth-order valence-electron chi connectivity index (χ4n) is 3.47. The summed E-state index contributed by atoms with van der Waals surface area (Å²) in [5, 5.41) is 9.21. The molecule has 0 saturated carbocycles. The molecule has 0 spiro atoms. The molecule has 1 aromatic rings. The van der Waals surface area contributed by atoms with Gasteiger partial charge in [0.25, 0.3) is 0 Å². The van der Waals surface area contributed by atoms with Gasteiger partial charge in [0.15, 0.2) is 0 Å². The number of carboxylic acids is 1. The molecule has 6 nitrogen and oxygen atoms in total. The Morgan fingerprint density at radius 1 is 1.28 bits per heavy atom. The molecule has 25 heavy (non-hydrogen) atoms. The maximum atomic E-state index is 11.6. The first-order chi connectivity index (χ1) is 11.8. The Labute approximate surface area is 150 Å². The minimum atomic E-state index is -3.16. The third-order valence-corrected chi connectivity index (χ3v) is 6.20. The first kappa shape index (κ1) is 19.9. The van der Waals surface area contributed by atoms with E-state index in [-0.39, 0.29) is 12.6 Å². The van der Waals surface area contributed by atoms with E-state index in [1.54, 1.807) is 0 Å². The summed E-state index contributed by atoms with van der Waals surface area (Å²) in [6, 6.07) is 8.38. The summed E-state index contributed by atoms with van der Waals surface area (Å²) >= 11 is 0. The lowest BCUT2D eigenvalue weighted by Gasteiger charge is -2.37. The summed E-state index contributed by atoms with van der Waals surface area (Å²) in [5.74, 6) is -0.832. The van der Waals surface area contributed by atoms with Gasteiger partial charge in [-0.15, -0.1) is 0 Å². The monoisotopic (exact) mass is 368 g/mol. The van der Waals surface area contributed by atoms with Crippen molar-refractivity contribution >= 4 is 16.0 Å². The summed E-state index contributed by atoms with van der Waals surface area (Å²) in [6.45, 7) is 3.75. The molecule has 2 rings (SSSR count). The van der Waals surface area contributed by atoms with E-state index >= 15 is 0 Å². The maximum absolute atomic E-state index is 11.6. The second-order valence-electron chi connectivity index (χ2n) is 6.79. The van der Waals surface area contributed by atoms with Crippen LogP contribution in [0.5, 0.6) is 0 Å². The zero-order valence-electron chi connectivity index (χ0n) is 15.0. The Bertz CT molecular complexity index is 682. The number of aliphatic carboxylic acids is 1. The number of carboxylic acid groups (broad SMARTS) is 1. The Kier molecular flexibility index (Phi) is 6.98. The molecule has 1 heterocycles. The van der Waals surface area contributed by atoms with Crippen LogP contribution >= 0.6 is 0 Å². The Morgan fingerprint density at radius 3 is 2.48 bits per heavy atom. The Balaban J connectivity index is 1.91. The van der Waals surface area contributed by atoms with Crippen LogP contribution < -0.4 is 0 Å². The maximum Gasteiger partial charge on any atom is 0.317 e. The number of rotatable bonds is 8. The molecule has 0 amide bonds. The lowest BCUT2D eigenvalue weighted by molar-refractivity contribution is -0.139. The molecular weight excluding hydrogens is 340 g/mol. The number of aryl methyl sites for hydroxylation is 2. The molecule has 1 aliphatic heterocycles. The Hall–Kier alpha value is -1.44. The zero-order chi connectivity index (χ0) is 18.4. The van der Waals surface area contributed by atoms with Crippen molar-refractivity contribution in [1.29, 1.82) is 0 Å². The van der Waals surface area contributed by atoms with Crippen LogP contribution in [0.15, 0.2) is 24.3 Å². The van der Waals surface area contributed by atoms with Crippen molar-refractivity contribution in [2.45, 2.75) is 38.6 Å². The number of hydrogen-bond donors (Lipinski definition) is 1. The highest BCUT2D eigenvalue weighted by molar-refractivity contribution is 7.88. The predicted molar refractivity (Wildman–Crippen MR) is 98.1 cm³/mol. The van der Waals surface area contributed by atoms with E-state index in [9.17, 15) is 18.3 Å². The minimum absolute atomic E-state index is 0.0112. The van der Waals surface area contributed by atoms with E-state index in [1.165, 1.54) is 21.7 Å². The molecule has 7 heteroatoms. The summed E-state index contributed by atoms with van der Waals surface area (Å²) in [5.41, 5.74) is 2.55. The van der Waals surface area contributed by atoms with Crippen molar-refractivity contribution < 1.29 is 18.3 Å². The van der Waals surface area contributed by atoms with Gasteiger partial charge in [0.1, 0.15) is 0 Å². The van der Waals surface area contributed by atoms with Gasteiger partial charge in [-0.3, -0.25) is 9.69 Å². The third kappa shape index (κ3) is 6.09. The van der Waals surface area contributed by atoms with Crippen molar-refractivity contribution in [1.82, 2.24) is 9.21 Å². The number of hydrogen-bond acceptors (Lipinski definition) is 4. The fourth-order valence-corrected chi connectivity index (χ4v) is 4.34. The summed E-state index contributed by atoms with van der Waals surface area (Å²) < 4.78 is 24.7. The second-order valence-corrected chi connectivity index (χ2v) is 8.77. The molecule has 1 fully saturated rings. The molecular formula is C18H28N2O4S. The molecule has 1 N–H and O–H groups in total. The van der Waals surface area contributed by atoms with Gasteiger partial charge in [-0.1, -0.05) is 24.3 Å². The molecule has 0 unspecified atom stereocenters. The molecule has 0 bridgehead atoms. The summed E-state index contributed by atoms with van der Waals surface area (Å²) in [7, 11) is -3.16. The van der Waals surface area contributed by atoms with Crippen LogP contribution in [0.4, 0.5) is 0 Å². The van der Waals surface area contributed by atoms with Crippen LogP contribution in [0.1, 0.15) is 30.4 Å². The first-order valence-electron chi connectivity index (χ1n) is 8.73. The predicted octanol–water partition coefficient (Wildman–Crippen LogP) is 1.74. The lowest BCUT2D eigenvalue weighted by atomic mass is 10.0. The molecule has 1 saturated heterocycles. The van der Waals surface area contributed by atoms with Gasteiger partial charge in [-0.25, -0.2) is 12.7 Å². The topological polar surface area (TPSA) is 77.9 Å². The Morgan fingerprint density at radius 2 is 1.92 bits per heavy atom. The molecule has 1 aliphatic rings. The van der Waals surface area contributed by atoms with Gasteiger partial charge in [0, 0.05) is 19.1 Å². The largest absolute Gasteiger partial charge is 0.480 e. The lowest BCUT2D eigenvalue weighted by Crippen LogP contribution is -2.48. The van der Waals surface area contributed by atoms with Gasteiger partial charge in [-0.2, -0.15) is 0 Å². The van der Waals surface area contributed by atoms with E-state index < -0.39 is 16.0 Å². The van der Waals surface area contributed by atoms with Gasteiger partial charge >= 0.3 is 5.97 Å². The van der Waals surface area contributed by atoms with Crippen molar-refractivity contribution in [3.63, 3.8) is 0 Å². The van der Waals surface area contributed by atoms with E-state index in [0.717, 1.165) is 12.8 Å². The number of benzene rings is 1. The number of piperidine rings is 1. The van der Waals surface area contributed by atoms with Crippen molar-refractivity contribution in [3.8, 4) is 0 Å². The van der Waals surface area contributed by atoms with E-state index in [4.69, 9.17) is 0 Å². The average Bonchev–Trinajstić information content (AvgIpc) is 2.54. The highest BCUT2D eigenvalue weighted by Crippen LogP contribution is 2.19. The summed E-state index contributed by atoms with van der Waals surface area (Å²) in [6.07, 6.45) is 4.41. The normalized spacial score (nSPS) is 17.1. The minimum Gasteiger partial charge on any atom is -0.480 e. The highest BCUT2D eigenvalue weighted by atomic mass is 32.2. The highest BCUT2D eigenvalue weighted by Gasteiger charge is 2.29. The SMILES string of the molecule is Cc1ccccc1CCCN(CC(=O)O)C1CCN(S(C)(=O)=O)CC1. The second kappa shape index (κ2) is 8.78. The molecule has 1 aromatic carbocycles. The van der Waals surface area contributed by atoms with E-state index in [2.05, 4.69) is 19.1 Å². The third-order valence-electron chi connectivity index (χ3n) is 4.90. The van der Waals surface area contributed by atoms with Crippen molar-refractivity contribution in [2.75, 3.05) is 32.4 Å². The van der Waals surface area contributed by atoms with Crippen molar-refractivity contribution in [3.05, 3.63) is 35.4 Å². The smallest absolute Gasteiger partial charge is 0.317 e. The zero-order valence-corrected chi connectivity index (χ0v) is 15.8. The average molecular weight is 368 g/mol. The van der Waals surface area contributed by atoms with E-state index in [1.807, 2.05) is 17.0 Å². The van der Waals surface area contributed by atoms with Gasteiger partial charge < -0.3 is 5.11 Å². The van der Waals surface area contributed by atoms with Gasteiger partial charge in [-0.05, 0) is 50.3 Å². The van der Waals surface area contributed by atoms with Crippen molar-refractivity contribution in [2.24, 2.45) is 0 Å². The van der Waals surface area contributed by atoms with Crippen LogP contribution in [-0.2, 0) is 21.2 Å². The quantitative estimate of drug-likeness (QED) is 0.756. The molecule has 0 aliphatic carbocycles. The molecule has 0 atom stereocenters. The first-order valence-corrected chi connectivity index (χ1v) is 10.6. The van der Waals surface area contributed by atoms with Gasteiger partial charge in [0.05, 0.1) is 12.8 Å². The van der Waals surface area contributed by atoms with Crippen LogP contribution in [0.25, 0.3) is 0 Å².